The van der Waals surface area contributed by atoms with Crippen molar-refractivity contribution in [2.75, 3.05) is 79.0 Å². The second-order valence-corrected chi connectivity index (χ2v) is 35.8. The number of hydrogen-bond donors (Lipinski definition) is 21. The lowest BCUT2D eigenvalue weighted by molar-refractivity contribution is -0.149. The Morgan fingerprint density at radius 3 is 1.69 bits per heavy atom. The molecule has 0 saturated carbocycles. The number of aliphatic hydroxyl groups excluding tert-OH is 1. The SMILES string of the molecule is CCCC[C@@H](C(=O)N(C)[C@@H](CCCC)C(=O)N[C@@H](CCCNC(=N)N)C(=O)N[C@@H](CSCC(=O)N[C@@H](Cc1ccc(OC)cc1)C(=O)N(C)CC)C(=O)NCC(N)=O)N(C)C(=O)[C@H](Cc1c[nH]c2ccccc12)NC(=O)C(CCN)NC(=O)[C@H](Cc1c[nH]c2ccccc12)NC(=O)[C@@H]1C[C@@H](O)CN1C(=O)[C@H](CCC(=O)O)NC(=O)[C@H](Cc1cnc[nH]1)NC(=O)[C@@H]1CCCN1C(=O)[C@H](CC(N)=O)NC(C)=O. The van der Waals surface area contributed by atoms with Crippen LogP contribution in [0.4, 0.5) is 0 Å². The van der Waals surface area contributed by atoms with Crippen LogP contribution in [0.1, 0.15) is 146 Å². The third kappa shape index (κ3) is 32.7. The normalized spacial score (nSPS) is 16.3. The Balaban J connectivity index is 1.04. The highest BCUT2D eigenvalue weighted by molar-refractivity contribution is 8.00. The van der Waals surface area contributed by atoms with Crippen molar-refractivity contribution in [3.8, 4) is 5.75 Å². The summed E-state index contributed by atoms with van der Waals surface area (Å²) in [5.74, 6) is -16.4. The number of nitrogens with one attached hydrogen (secondary N) is 15. The number of imidazole rings is 1. The first-order valence-corrected chi connectivity index (χ1v) is 47.8. The third-order valence-corrected chi connectivity index (χ3v) is 25.4. The zero-order valence-electron chi connectivity index (χ0n) is 80.0. The Labute approximate surface area is 813 Å². The van der Waals surface area contributed by atoms with E-state index in [0.717, 1.165) is 28.5 Å². The molecule has 17 amide bonds. The summed E-state index contributed by atoms with van der Waals surface area (Å²) in [6, 6.07) is 1.76. The second-order valence-electron chi connectivity index (χ2n) is 34.8. The maximum absolute atomic E-state index is 15.9. The van der Waals surface area contributed by atoms with Gasteiger partial charge in [-0.15, -0.1) is 11.8 Å². The van der Waals surface area contributed by atoms with Crippen LogP contribution in [0, 0.1) is 5.41 Å². The molecule has 0 aliphatic carbocycles. The van der Waals surface area contributed by atoms with Crippen LogP contribution in [0.15, 0.2) is 97.7 Å². The van der Waals surface area contributed by atoms with Crippen molar-refractivity contribution >= 4 is 146 Å². The van der Waals surface area contributed by atoms with Gasteiger partial charge in [0.1, 0.15) is 84.3 Å². The average molecular weight is 1970 g/mol. The van der Waals surface area contributed by atoms with Crippen LogP contribution >= 0.6 is 11.8 Å². The van der Waals surface area contributed by atoms with Gasteiger partial charge >= 0.3 is 5.97 Å². The Morgan fingerprint density at radius 2 is 1.11 bits per heavy atom. The van der Waals surface area contributed by atoms with Crippen molar-refractivity contribution in [3.63, 3.8) is 0 Å². The molecule has 5 heterocycles. The van der Waals surface area contributed by atoms with Gasteiger partial charge in [-0.1, -0.05) is 88.1 Å². The highest BCUT2D eigenvalue weighted by atomic mass is 32.2. The molecule has 2 fully saturated rings. The number of β-amino-alcohol motifs (C(OH)–C–C–N with tert-alkyl or cyclic N) is 1. The number of methoxy groups -OCH3 is 1. The van der Waals surface area contributed by atoms with Crippen LogP contribution < -0.4 is 86.2 Å². The fourth-order valence-electron chi connectivity index (χ4n) is 16.8. The predicted octanol–water partition coefficient (Wildman–Crippen LogP) is -2.81. The zero-order chi connectivity index (χ0) is 103. The molecule has 3 aromatic carbocycles. The molecule has 0 bridgehead atoms. The number of aliphatic hydroxyl groups is 1. The molecule has 2 aliphatic rings. The van der Waals surface area contributed by atoms with Gasteiger partial charge in [0.05, 0.1) is 38.3 Å². The van der Waals surface area contributed by atoms with E-state index in [1.54, 1.807) is 99.2 Å². The highest BCUT2D eigenvalue weighted by Gasteiger charge is 2.46. The summed E-state index contributed by atoms with van der Waals surface area (Å²) in [6.07, 6.45) is 2.89. The maximum atomic E-state index is 15.9. The number of thioether (sulfide) groups is 1. The standard InChI is InChI=1S/C93H133N25O21S/c1-9-12-25-72(85(131)108-63(24-18-36-100-93(97)98)81(127)113-71(80(126)103-47-77(96)122)49-140-50-78(123)106-68(88(134)114(5)11-3)38-53-28-30-58(139-8)31-29-53)115(6)92(138)74(26-13-10-2)116(7)89(135)69(40-55-45-102-62-23-17-15-21-60(55)62)112-82(128)64(34-35-94)107-83(129)66(39-54-44-101-61-22-16-14-20-59(54)61)110-87(133)75-42-57(120)48-118(75)90(136)65(32-33-79(124)125)109-84(130)67(41-56-46-99-51-104-56)111-86(132)73-27-19-37-117(73)91(137)70(43-76(95)121)105-52(4)119/h14-17,20-23,28-31,44-46,51,57,63-75,101-102,120H,9-13,18-19,24-27,32-43,47-50,94H2,1-8H3,(H2,95,121)(H2,96,122)(H,99,104)(H,103,126)(H,105,119)(H,106,123)(H,107,129)(H,108,131)(H,109,130)(H,110,133)(H,111,132)(H,112,128)(H,113,127)(H,124,125)(H4,97,98,100)/t57-,63+,64?,65+,66+,67+,68+,69+,70+,71+,72+,73+,74+,75+/m1/s1. The van der Waals surface area contributed by atoms with Gasteiger partial charge in [-0.05, 0) is 106 Å². The summed E-state index contributed by atoms with van der Waals surface area (Å²) in [5.41, 5.74) is 26.0. The molecule has 0 spiro atoms. The van der Waals surface area contributed by atoms with Gasteiger partial charge in [0.25, 0.3) is 0 Å². The molecule has 14 atom stereocenters. The van der Waals surface area contributed by atoms with Gasteiger partial charge in [0.15, 0.2) is 5.96 Å². The molecule has 8 rings (SSSR count). The van der Waals surface area contributed by atoms with Crippen molar-refractivity contribution in [1.82, 2.24) is 103 Å². The van der Waals surface area contributed by atoms with E-state index in [0.29, 0.717) is 82.2 Å². The van der Waals surface area contributed by atoms with Crippen molar-refractivity contribution in [2.24, 2.45) is 22.9 Å². The first-order chi connectivity index (χ1) is 66.8. The number of fused-ring (bicyclic) bond motifs is 2. The number of likely N-dealkylation sites (N-methyl/N-ethyl adjacent to an activating group) is 3. The van der Waals surface area contributed by atoms with Gasteiger partial charge in [-0.3, -0.25) is 91.7 Å². The summed E-state index contributed by atoms with van der Waals surface area (Å²) in [4.78, 5) is 275. The number of para-hydroxylation sites is 2. The number of carbonyl (C=O) groups excluding carboxylic acids is 17. The minimum Gasteiger partial charge on any atom is -0.497 e. The minimum atomic E-state index is -1.79. The number of carboxylic acids is 1. The number of ether oxygens (including phenoxy) is 1. The van der Waals surface area contributed by atoms with Gasteiger partial charge in [0, 0.05) is 145 Å². The fraction of sp³-hybridized carbons (Fsp3) is 0.527. The summed E-state index contributed by atoms with van der Waals surface area (Å²) in [7, 11) is 5.82. The van der Waals surface area contributed by atoms with Crippen LogP contribution in [0.25, 0.3) is 21.8 Å². The molecule has 46 nitrogen and oxygen atoms in total. The third-order valence-electron chi connectivity index (χ3n) is 24.4. The summed E-state index contributed by atoms with van der Waals surface area (Å²) >= 11 is 0.903. The maximum Gasteiger partial charge on any atom is 0.303 e. The molecule has 2 aliphatic heterocycles. The van der Waals surface area contributed by atoms with Crippen molar-refractivity contribution in [1.29, 1.82) is 5.41 Å². The number of primary amides is 2. The number of aromatic amines is 3. The Kier molecular flexibility index (Phi) is 43.5. The number of H-pyrrole nitrogens is 3. The Bertz CT molecular complexity index is 5310. The van der Waals surface area contributed by atoms with E-state index in [-0.39, 0.29) is 108 Å². The van der Waals surface area contributed by atoms with E-state index in [9.17, 15) is 63.0 Å². The lowest BCUT2D eigenvalue weighted by Gasteiger charge is -2.36. The summed E-state index contributed by atoms with van der Waals surface area (Å²) < 4.78 is 5.28. The Morgan fingerprint density at radius 1 is 0.564 bits per heavy atom. The van der Waals surface area contributed by atoms with Crippen molar-refractivity contribution in [3.05, 3.63) is 120 Å². The second kappa shape index (κ2) is 54.8. The lowest BCUT2D eigenvalue weighted by Crippen LogP contribution is -2.61. The number of amides is 17. The van der Waals surface area contributed by atoms with Crippen LogP contribution in [-0.2, 0) is 112 Å². The fourth-order valence-corrected chi connectivity index (χ4v) is 17.6. The molecule has 0 radical (unpaired) electrons. The number of hydrogen-bond acceptors (Lipinski definition) is 24. The van der Waals surface area contributed by atoms with E-state index < -0.39 is 230 Å². The van der Waals surface area contributed by atoms with Gasteiger partial charge in [-0.25, -0.2) is 4.98 Å². The Hall–Kier alpha value is -14.2. The number of carbonyl (C=O) groups is 18. The van der Waals surface area contributed by atoms with E-state index >= 15 is 33.6 Å². The van der Waals surface area contributed by atoms with E-state index in [1.807, 2.05) is 13.8 Å². The molecule has 2 saturated heterocycles. The average Bonchev–Trinajstić information content (AvgIpc) is 1.63. The van der Waals surface area contributed by atoms with Gasteiger partial charge in [-0.2, -0.15) is 0 Å². The smallest absolute Gasteiger partial charge is 0.303 e. The van der Waals surface area contributed by atoms with Crippen LogP contribution in [0.5, 0.6) is 5.75 Å². The lowest BCUT2D eigenvalue weighted by atomic mass is 9.99. The number of nitrogens with two attached hydrogens (primary N) is 4. The van der Waals surface area contributed by atoms with Gasteiger partial charge in [0.2, 0.25) is 100 Å². The summed E-state index contributed by atoms with van der Waals surface area (Å²) in [5, 5.41) is 59.6. The zero-order valence-corrected chi connectivity index (χ0v) is 80.8. The quantitative estimate of drug-likeness (QED) is 0.0104. The van der Waals surface area contributed by atoms with Crippen LogP contribution in [0.2, 0.25) is 0 Å². The number of guanidine groups is 1. The minimum absolute atomic E-state index is 0.00166. The number of aliphatic carboxylic acids is 1. The molecular weight excluding hydrogens is 1840 g/mol. The van der Waals surface area contributed by atoms with Crippen molar-refractivity contribution < 1.29 is 101 Å². The number of rotatable bonds is 57. The predicted molar refractivity (Wildman–Crippen MR) is 515 cm³/mol. The topological polar surface area (TPSA) is 694 Å². The highest BCUT2D eigenvalue weighted by Crippen LogP contribution is 2.28. The van der Waals surface area contributed by atoms with Crippen LogP contribution in [-0.4, -0.2) is 331 Å². The molecule has 3 aromatic heterocycles. The molecular formula is C93H133N25O21S. The molecule has 1 unspecified atom stereocenters. The molecule has 47 heteroatoms. The number of aromatic nitrogens is 4. The largest absolute Gasteiger partial charge is 0.497 e. The van der Waals surface area contributed by atoms with Gasteiger partial charge < -0.3 is 136 Å². The van der Waals surface area contributed by atoms with E-state index in [1.165, 1.54) is 48.4 Å². The van der Waals surface area contributed by atoms with E-state index in [2.05, 4.69) is 78.4 Å². The number of likely N-dealkylation sites (tertiary alicyclic amines) is 2. The van der Waals surface area contributed by atoms with Crippen LogP contribution in [0.3, 0.4) is 0 Å². The first kappa shape index (κ1) is 111. The first-order valence-electron chi connectivity index (χ1n) is 46.7. The molecule has 762 valence electrons. The number of benzene rings is 3. The number of unbranched alkanes of at least 4 members (excludes halogenated alkanes) is 2. The van der Waals surface area contributed by atoms with E-state index in [4.69, 9.17) is 33.1 Å². The molecule has 25 N–H and O–H groups in total. The monoisotopic (exact) mass is 1970 g/mol. The number of nitrogens with zero attached hydrogens (tertiary/aromatic N) is 6. The van der Waals surface area contributed by atoms with Crippen molar-refractivity contribution in [2.45, 2.75) is 234 Å². The molecule has 140 heavy (non-hydrogen) atoms. The number of carboxylic acid groups (broad SMARTS) is 1. The summed E-state index contributed by atoms with van der Waals surface area (Å²) in [6.45, 7) is 5.47. The molecule has 6 aromatic rings.